The van der Waals surface area contributed by atoms with Crippen molar-refractivity contribution >= 4 is 0 Å². The topological polar surface area (TPSA) is 87.7 Å². The Balaban J connectivity index is 1.63. The van der Waals surface area contributed by atoms with Gasteiger partial charge in [0.05, 0.1) is 46.7 Å². The SMILES string of the molecule is COc1cccc(CN(Cc2ccco2)[C@H](c2ccc(OC)c(OC)c2)c2nnnn2Cc2ccccc2)c1. The molecule has 0 unspecified atom stereocenters. The molecule has 5 rings (SSSR count). The van der Waals surface area contributed by atoms with Crippen molar-refractivity contribution in [1.29, 1.82) is 0 Å². The number of furan rings is 1. The molecule has 2 heterocycles. The molecule has 2 aromatic heterocycles. The average Bonchev–Trinajstić information content (AvgIpc) is 3.66. The molecule has 3 aromatic carbocycles. The Morgan fingerprint density at radius 2 is 1.62 bits per heavy atom. The number of aromatic nitrogens is 4. The minimum Gasteiger partial charge on any atom is -0.497 e. The van der Waals surface area contributed by atoms with Crippen LogP contribution in [0.25, 0.3) is 0 Å². The van der Waals surface area contributed by atoms with Gasteiger partial charge in [0, 0.05) is 6.54 Å². The van der Waals surface area contributed by atoms with Gasteiger partial charge in [0.15, 0.2) is 17.3 Å². The van der Waals surface area contributed by atoms with Gasteiger partial charge in [-0.15, -0.1) is 5.10 Å². The molecule has 5 aromatic rings. The molecule has 0 aliphatic heterocycles. The standard InChI is InChI=1S/C30H31N5O4/c1-36-25-12-7-11-23(17-25)19-34(21-26-13-8-16-39-26)29(24-14-15-27(37-2)28(18-24)38-3)30-31-32-33-35(30)20-22-9-5-4-6-10-22/h4-18,29H,19-21H2,1-3H3/t29-/m1/s1. The first kappa shape index (κ1) is 26.0. The van der Waals surface area contributed by atoms with E-state index < -0.39 is 0 Å². The third-order valence-electron chi connectivity index (χ3n) is 6.53. The van der Waals surface area contributed by atoms with E-state index >= 15 is 0 Å². The van der Waals surface area contributed by atoms with Crippen LogP contribution in [0.4, 0.5) is 0 Å². The number of ether oxygens (including phenoxy) is 3. The van der Waals surface area contributed by atoms with E-state index in [4.69, 9.17) is 18.6 Å². The van der Waals surface area contributed by atoms with Crippen LogP contribution in [-0.4, -0.2) is 46.4 Å². The molecule has 9 heteroatoms. The van der Waals surface area contributed by atoms with Gasteiger partial charge in [-0.25, -0.2) is 4.68 Å². The van der Waals surface area contributed by atoms with E-state index in [9.17, 15) is 0 Å². The van der Waals surface area contributed by atoms with Crippen LogP contribution >= 0.6 is 0 Å². The molecule has 0 amide bonds. The molecule has 0 N–H and O–H groups in total. The first-order valence-electron chi connectivity index (χ1n) is 12.6. The number of methoxy groups -OCH3 is 3. The molecule has 0 bridgehead atoms. The fraction of sp³-hybridized carbons (Fsp3) is 0.233. The largest absolute Gasteiger partial charge is 0.497 e. The van der Waals surface area contributed by atoms with Gasteiger partial charge in [-0.2, -0.15) is 0 Å². The van der Waals surface area contributed by atoms with Crippen LogP contribution in [0.2, 0.25) is 0 Å². The molecule has 1 atom stereocenters. The lowest BCUT2D eigenvalue weighted by Crippen LogP contribution is -2.31. The summed E-state index contributed by atoms with van der Waals surface area (Å²) in [5.74, 6) is 3.59. The summed E-state index contributed by atoms with van der Waals surface area (Å²) < 4.78 is 24.3. The summed E-state index contributed by atoms with van der Waals surface area (Å²) in [5, 5.41) is 13.0. The van der Waals surface area contributed by atoms with Crippen molar-refractivity contribution < 1.29 is 18.6 Å². The molecule has 0 saturated carbocycles. The Morgan fingerprint density at radius 3 is 2.36 bits per heavy atom. The highest BCUT2D eigenvalue weighted by molar-refractivity contribution is 5.45. The lowest BCUT2D eigenvalue weighted by molar-refractivity contribution is 0.179. The van der Waals surface area contributed by atoms with E-state index in [0.717, 1.165) is 28.2 Å². The number of hydrogen-bond acceptors (Lipinski definition) is 8. The Kier molecular flexibility index (Phi) is 8.18. The van der Waals surface area contributed by atoms with Crippen LogP contribution in [-0.2, 0) is 19.6 Å². The zero-order valence-electron chi connectivity index (χ0n) is 22.2. The Morgan fingerprint density at radius 1 is 0.795 bits per heavy atom. The first-order chi connectivity index (χ1) is 19.2. The second-order valence-corrected chi connectivity index (χ2v) is 9.03. The maximum absolute atomic E-state index is 5.79. The van der Waals surface area contributed by atoms with Crippen molar-refractivity contribution in [3.05, 3.63) is 119 Å². The third kappa shape index (κ3) is 6.10. The summed E-state index contributed by atoms with van der Waals surface area (Å²) in [6.45, 7) is 1.62. The fourth-order valence-corrected chi connectivity index (χ4v) is 4.67. The second kappa shape index (κ2) is 12.3. The van der Waals surface area contributed by atoms with Gasteiger partial charge in [-0.3, -0.25) is 4.90 Å². The molecular weight excluding hydrogens is 494 g/mol. The Hall–Kier alpha value is -4.63. The van der Waals surface area contributed by atoms with E-state index in [1.165, 1.54) is 0 Å². The zero-order chi connectivity index (χ0) is 27.0. The van der Waals surface area contributed by atoms with E-state index in [2.05, 4.69) is 38.6 Å². The first-order valence-corrected chi connectivity index (χ1v) is 12.6. The molecule has 0 spiro atoms. The van der Waals surface area contributed by atoms with Crippen molar-refractivity contribution in [2.24, 2.45) is 0 Å². The highest BCUT2D eigenvalue weighted by Gasteiger charge is 2.30. The summed E-state index contributed by atoms with van der Waals surface area (Å²) in [4.78, 5) is 2.28. The molecule has 39 heavy (non-hydrogen) atoms. The van der Waals surface area contributed by atoms with Gasteiger partial charge in [0.1, 0.15) is 11.5 Å². The van der Waals surface area contributed by atoms with Gasteiger partial charge in [-0.05, 0) is 63.5 Å². The minimum atomic E-state index is -0.347. The van der Waals surface area contributed by atoms with Gasteiger partial charge in [0.25, 0.3) is 0 Å². The third-order valence-corrected chi connectivity index (χ3v) is 6.53. The van der Waals surface area contributed by atoms with Gasteiger partial charge in [-0.1, -0.05) is 48.5 Å². The maximum atomic E-state index is 5.79. The quantitative estimate of drug-likeness (QED) is 0.222. The van der Waals surface area contributed by atoms with Gasteiger partial charge < -0.3 is 18.6 Å². The van der Waals surface area contributed by atoms with E-state index in [0.29, 0.717) is 37.0 Å². The van der Waals surface area contributed by atoms with Crippen LogP contribution < -0.4 is 14.2 Å². The van der Waals surface area contributed by atoms with Crippen molar-refractivity contribution in [3.63, 3.8) is 0 Å². The van der Waals surface area contributed by atoms with E-state index in [1.54, 1.807) is 27.6 Å². The van der Waals surface area contributed by atoms with Crippen LogP contribution in [0.3, 0.4) is 0 Å². The molecule has 0 aliphatic rings. The highest BCUT2D eigenvalue weighted by atomic mass is 16.5. The highest BCUT2D eigenvalue weighted by Crippen LogP contribution is 2.36. The minimum absolute atomic E-state index is 0.347. The smallest absolute Gasteiger partial charge is 0.173 e. The summed E-state index contributed by atoms with van der Waals surface area (Å²) in [6.07, 6.45) is 1.68. The lowest BCUT2D eigenvalue weighted by Gasteiger charge is -2.31. The number of tetrazole rings is 1. The van der Waals surface area contributed by atoms with Crippen LogP contribution in [0.1, 0.15) is 34.3 Å². The van der Waals surface area contributed by atoms with Crippen LogP contribution in [0.5, 0.6) is 17.2 Å². The van der Waals surface area contributed by atoms with Crippen molar-refractivity contribution in [3.8, 4) is 17.2 Å². The lowest BCUT2D eigenvalue weighted by atomic mass is 10.0. The maximum Gasteiger partial charge on any atom is 0.173 e. The van der Waals surface area contributed by atoms with E-state index in [-0.39, 0.29) is 6.04 Å². The fourth-order valence-electron chi connectivity index (χ4n) is 4.67. The van der Waals surface area contributed by atoms with Crippen molar-refractivity contribution in [2.75, 3.05) is 21.3 Å². The predicted molar refractivity (Wildman–Crippen MR) is 146 cm³/mol. The van der Waals surface area contributed by atoms with Gasteiger partial charge in [0.2, 0.25) is 0 Å². The van der Waals surface area contributed by atoms with Crippen molar-refractivity contribution in [2.45, 2.75) is 25.7 Å². The number of nitrogens with zero attached hydrogens (tertiary/aromatic N) is 5. The van der Waals surface area contributed by atoms with Gasteiger partial charge >= 0.3 is 0 Å². The summed E-state index contributed by atoms with van der Waals surface area (Å²) in [6, 6.07) is 27.6. The Bertz CT molecular complexity index is 1470. The predicted octanol–water partition coefficient (Wildman–Crippen LogP) is 5.13. The zero-order valence-corrected chi connectivity index (χ0v) is 22.2. The van der Waals surface area contributed by atoms with Crippen LogP contribution in [0, 0.1) is 0 Å². The second-order valence-electron chi connectivity index (χ2n) is 9.03. The normalized spacial score (nSPS) is 11.9. The molecule has 200 valence electrons. The molecule has 0 aliphatic carbocycles. The molecule has 0 radical (unpaired) electrons. The summed E-state index contributed by atoms with van der Waals surface area (Å²) in [7, 11) is 4.93. The van der Waals surface area contributed by atoms with E-state index in [1.807, 2.05) is 71.4 Å². The monoisotopic (exact) mass is 525 g/mol. The molecule has 9 nitrogen and oxygen atoms in total. The summed E-state index contributed by atoms with van der Waals surface area (Å²) >= 11 is 0. The molecular formula is C30H31N5O4. The number of hydrogen-bond donors (Lipinski definition) is 0. The molecule has 0 saturated heterocycles. The molecule has 0 fully saturated rings. The average molecular weight is 526 g/mol. The number of rotatable bonds is 12. The Labute approximate surface area is 227 Å². The van der Waals surface area contributed by atoms with Crippen LogP contribution in [0.15, 0.2) is 95.6 Å². The number of benzene rings is 3. The summed E-state index contributed by atoms with van der Waals surface area (Å²) in [5.41, 5.74) is 3.13. The van der Waals surface area contributed by atoms with Crippen molar-refractivity contribution in [1.82, 2.24) is 25.1 Å².